The number of carbonyl (C=O) groups is 1. The summed E-state index contributed by atoms with van der Waals surface area (Å²) in [4.78, 5) is 14.4. The Morgan fingerprint density at radius 3 is 2.70 bits per heavy atom. The summed E-state index contributed by atoms with van der Waals surface area (Å²) in [5.74, 6) is 1.36. The van der Waals surface area contributed by atoms with Crippen molar-refractivity contribution in [1.29, 1.82) is 0 Å². The van der Waals surface area contributed by atoms with Crippen LogP contribution >= 0.6 is 24.0 Å². The molecule has 1 aromatic carbocycles. The van der Waals surface area contributed by atoms with E-state index in [0.29, 0.717) is 42.2 Å². The van der Waals surface area contributed by atoms with E-state index in [0.717, 1.165) is 31.5 Å². The van der Waals surface area contributed by atoms with E-state index in [1.165, 1.54) is 0 Å². The zero-order valence-corrected chi connectivity index (χ0v) is 14.7. The quantitative estimate of drug-likeness (QED) is 0.898. The summed E-state index contributed by atoms with van der Waals surface area (Å²) in [7, 11) is 1.97. The second kappa shape index (κ2) is 8.08. The van der Waals surface area contributed by atoms with E-state index in [1.807, 2.05) is 18.0 Å². The van der Waals surface area contributed by atoms with Gasteiger partial charge in [0.05, 0.1) is 11.4 Å². The molecule has 23 heavy (non-hydrogen) atoms. The maximum Gasteiger partial charge on any atom is 0.226 e. The highest BCUT2D eigenvalue weighted by molar-refractivity contribution is 6.32. The maximum atomic E-state index is 12.4. The average molecular weight is 361 g/mol. The standard InChI is InChI=1S/C16H21ClN2O3.ClH/c1-18-12-2-4-19(5-3-12)15(20)10-11-8-13(17)16-14(9-11)21-6-7-22-16;/h8-9,12,18H,2-7,10H2,1H3;1H. The first-order chi connectivity index (χ1) is 10.7. The Hall–Kier alpha value is -1.17. The highest BCUT2D eigenvalue weighted by atomic mass is 35.5. The molecule has 0 unspecified atom stereocenters. The predicted octanol–water partition coefficient (Wildman–Crippen LogP) is 2.29. The highest BCUT2D eigenvalue weighted by Gasteiger charge is 2.23. The van der Waals surface area contributed by atoms with Crippen LogP contribution in [0.15, 0.2) is 12.1 Å². The molecule has 0 atom stereocenters. The summed E-state index contributed by atoms with van der Waals surface area (Å²) in [5.41, 5.74) is 0.870. The van der Waals surface area contributed by atoms with Crippen LogP contribution in [0.4, 0.5) is 0 Å². The van der Waals surface area contributed by atoms with E-state index in [9.17, 15) is 4.79 Å². The van der Waals surface area contributed by atoms with Gasteiger partial charge in [0.25, 0.3) is 0 Å². The molecular weight excluding hydrogens is 339 g/mol. The molecule has 1 amide bonds. The van der Waals surface area contributed by atoms with Crippen LogP contribution in [0.1, 0.15) is 18.4 Å². The molecule has 2 heterocycles. The molecule has 1 saturated heterocycles. The van der Waals surface area contributed by atoms with Crippen molar-refractivity contribution in [3.05, 3.63) is 22.7 Å². The summed E-state index contributed by atoms with van der Waals surface area (Å²) >= 11 is 6.22. The molecule has 1 N–H and O–H groups in total. The van der Waals surface area contributed by atoms with Gasteiger partial charge < -0.3 is 19.7 Å². The predicted molar refractivity (Wildman–Crippen MR) is 92.1 cm³/mol. The molecule has 5 nitrogen and oxygen atoms in total. The minimum Gasteiger partial charge on any atom is -0.486 e. The van der Waals surface area contributed by atoms with Crippen molar-refractivity contribution in [2.45, 2.75) is 25.3 Å². The third-order valence-electron chi connectivity index (χ3n) is 4.27. The van der Waals surface area contributed by atoms with E-state index in [4.69, 9.17) is 21.1 Å². The minimum absolute atomic E-state index is 0. The number of carbonyl (C=O) groups excluding carboxylic acids is 1. The number of hydrogen-bond acceptors (Lipinski definition) is 4. The number of nitrogens with one attached hydrogen (secondary N) is 1. The van der Waals surface area contributed by atoms with Gasteiger partial charge in [-0.2, -0.15) is 0 Å². The molecular formula is C16H22Cl2N2O3. The average Bonchev–Trinajstić information content (AvgIpc) is 2.55. The topological polar surface area (TPSA) is 50.8 Å². The Labute approximate surface area is 147 Å². The molecule has 0 aromatic heterocycles. The van der Waals surface area contributed by atoms with E-state index < -0.39 is 0 Å². The molecule has 1 aromatic rings. The lowest BCUT2D eigenvalue weighted by molar-refractivity contribution is -0.131. The fourth-order valence-corrected chi connectivity index (χ4v) is 3.26. The number of rotatable bonds is 3. The van der Waals surface area contributed by atoms with Gasteiger partial charge in [-0.15, -0.1) is 12.4 Å². The molecule has 0 saturated carbocycles. The maximum absolute atomic E-state index is 12.4. The van der Waals surface area contributed by atoms with Crippen LogP contribution < -0.4 is 14.8 Å². The third kappa shape index (κ3) is 4.22. The van der Waals surface area contributed by atoms with Crippen LogP contribution in [0.3, 0.4) is 0 Å². The summed E-state index contributed by atoms with van der Waals surface area (Å²) < 4.78 is 11.1. The first kappa shape index (κ1) is 18.2. The molecule has 0 spiro atoms. The van der Waals surface area contributed by atoms with Gasteiger partial charge in [0, 0.05) is 19.1 Å². The first-order valence-corrected chi connectivity index (χ1v) is 8.08. The Morgan fingerprint density at radius 2 is 2.00 bits per heavy atom. The van der Waals surface area contributed by atoms with Gasteiger partial charge >= 0.3 is 0 Å². The summed E-state index contributed by atoms with van der Waals surface area (Å²) in [6.45, 7) is 2.63. The lowest BCUT2D eigenvalue weighted by Gasteiger charge is -2.32. The van der Waals surface area contributed by atoms with Crippen molar-refractivity contribution < 1.29 is 14.3 Å². The Bertz CT molecular complexity index is 561. The molecule has 128 valence electrons. The van der Waals surface area contributed by atoms with E-state index in [1.54, 1.807) is 6.07 Å². The lowest BCUT2D eigenvalue weighted by Crippen LogP contribution is -2.44. The van der Waals surface area contributed by atoms with Crippen molar-refractivity contribution >= 4 is 29.9 Å². The fourth-order valence-electron chi connectivity index (χ4n) is 2.97. The highest BCUT2D eigenvalue weighted by Crippen LogP contribution is 2.38. The molecule has 3 rings (SSSR count). The van der Waals surface area contributed by atoms with Crippen LogP contribution in [0.2, 0.25) is 5.02 Å². The minimum atomic E-state index is 0. The third-order valence-corrected chi connectivity index (χ3v) is 4.55. The van der Waals surface area contributed by atoms with Crippen molar-refractivity contribution in [2.24, 2.45) is 0 Å². The van der Waals surface area contributed by atoms with Crippen LogP contribution in [0.25, 0.3) is 0 Å². The van der Waals surface area contributed by atoms with Crippen molar-refractivity contribution in [1.82, 2.24) is 10.2 Å². The summed E-state index contributed by atoms with van der Waals surface area (Å²) in [6, 6.07) is 4.18. The summed E-state index contributed by atoms with van der Waals surface area (Å²) in [6.07, 6.45) is 2.36. The van der Waals surface area contributed by atoms with Crippen LogP contribution in [0, 0.1) is 0 Å². The van der Waals surface area contributed by atoms with Crippen LogP contribution in [-0.4, -0.2) is 50.2 Å². The normalized spacial score (nSPS) is 17.6. The molecule has 0 radical (unpaired) electrons. The van der Waals surface area contributed by atoms with E-state index >= 15 is 0 Å². The largest absolute Gasteiger partial charge is 0.486 e. The van der Waals surface area contributed by atoms with Gasteiger partial charge in [0.15, 0.2) is 11.5 Å². The Balaban J connectivity index is 0.00000192. The second-order valence-corrected chi connectivity index (χ2v) is 6.13. The Morgan fingerprint density at radius 1 is 1.30 bits per heavy atom. The molecule has 0 bridgehead atoms. The van der Waals surface area contributed by atoms with Gasteiger partial charge in [-0.3, -0.25) is 4.79 Å². The number of fused-ring (bicyclic) bond motifs is 1. The lowest BCUT2D eigenvalue weighted by atomic mass is 10.0. The van der Waals surface area contributed by atoms with Crippen molar-refractivity contribution in [3.63, 3.8) is 0 Å². The number of likely N-dealkylation sites (tertiary alicyclic amines) is 1. The molecule has 2 aliphatic heterocycles. The van der Waals surface area contributed by atoms with Gasteiger partial charge in [0.2, 0.25) is 5.91 Å². The number of nitrogens with zero attached hydrogens (tertiary/aromatic N) is 1. The number of ether oxygens (including phenoxy) is 2. The fraction of sp³-hybridized carbons (Fsp3) is 0.562. The van der Waals surface area contributed by atoms with Crippen LogP contribution in [-0.2, 0) is 11.2 Å². The van der Waals surface area contributed by atoms with Gasteiger partial charge in [-0.05, 0) is 37.6 Å². The van der Waals surface area contributed by atoms with E-state index in [2.05, 4.69) is 5.32 Å². The van der Waals surface area contributed by atoms with Crippen LogP contribution in [0.5, 0.6) is 11.5 Å². The SMILES string of the molecule is CNC1CCN(C(=O)Cc2cc(Cl)c3c(c2)OCCO3)CC1.Cl. The smallest absolute Gasteiger partial charge is 0.226 e. The zero-order valence-electron chi connectivity index (χ0n) is 13.1. The summed E-state index contributed by atoms with van der Waals surface area (Å²) in [5, 5.41) is 3.78. The van der Waals surface area contributed by atoms with E-state index in [-0.39, 0.29) is 18.3 Å². The number of piperidine rings is 1. The zero-order chi connectivity index (χ0) is 15.5. The molecule has 1 fully saturated rings. The number of amides is 1. The van der Waals surface area contributed by atoms with Gasteiger partial charge in [-0.1, -0.05) is 11.6 Å². The Kier molecular flexibility index (Phi) is 6.39. The number of benzene rings is 1. The number of hydrogen-bond donors (Lipinski definition) is 1. The molecule has 7 heteroatoms. The number of halogens is 2. The monoisotopic (exact) mass is 360 g/mol. The molecule has 2 aliphatic rings. The van der Waals surface area contributed by atoms with Crippen molar-refractivity contribution in [3.8, 4) is 11.5 Å². The van der Waals surface area contributed by atoms with Gasteiger partial charge in [0.1, 0.15) is 13.2 Å². The second-order valence-electron chi connectivity index (χ2n) is 5.72. The first-order valence-electron chi connectivity index (χ1n) is 7.70. The molecule has 0 aliphatic carbocycles. The van der Waals surface area contributed by atoms with Crippen molar-refractivity contribution in [2.75, 3.05) is 33.4 Å². The van der Waals surface area contributed by atoms with Gasteiger partial charge in [-0.25, -0.2) is 0 Å².